The Morgan fingerprint density at radius 3 is 2.80 bits per heavy atom. The molecular formula is C15H20N2O2S. The first-order chi connectivity index (χ1) is 9.60. The Bertz CT molecular complexity index is 511. The summed E-state index contributed by atoms with van der Waals surface area (Å²) in [5.74, 6) is 0.586. The highest BCUT2D eigenvalue weighted by molar-refractivity contribution is 8.00. The zero-order valence-corrected chi connectivity index (χ0v) is 12.6. The molecule has 1 saturated heterocycles. The van der Waals surface area contributed by atoms with Crippen molar-refractivity contribution in [3.05, 3.63) is 18.2 Å². The Labute approximate surface area is 123 Å². The van der Waals surface area contributed by atoms with Crippen LogP contribution in [0.15, 0.2) is 23.1 Å². The third-order valence-electron chi connectivity index (χ3n) is 3.68. The topological polar surface area (TPSA) is 50.4 Å². The number of carbonyl (C=O) groups is 1. The summed E-state index contributed by atoms with van der Waals surface area (Å²) >= 11 is 1.59. The molecule has 4 nitrogen and oxygen atoms in total. The second-order valence-electron chi connectivity index (χ2n) is 5.62. The molecular weight excluding hydrogens is 272 g/mol. The number of nitrogens with one attached hydrogen (secondary N) is 2. The van der Waals surface area contributed by atoms with Crippen LogP contribution in [0.2, 0.25) is 0 Å². The van der Waals surface area contributed by atoms with E-state index in [1.807, 2.05) is 6.07 Å². The monoisotopic (exact) mass is 292 g/mol. The highest BCUT2D eigenvalue weighted by Crippen LogP contribution is 2.34. The van der Waals surface area contributed by atoms with Gasteiger partial charge in [-0.2, -0.15) is 0 Å². The van der Waals surface area contributed by atoms with Crippen molar-refractivity contribution < 1.29 is 9.53 Å². The number of thioether (sulfide) groups is 1. The van der Waals surface area contributed by atoms with E-state index in [1.54, 1.807) is 11.8 Å². The second-order valence-corrected chi connectivity index (χ2v) is 6.63. The minimum atomic E-state index is 0.0768. The molecule has 2 aliphatic heterocycles. The normalized spacial score (nSPS) is 29.5. The van der Waals surface area contributed by atoms with Gasteiger partial charge in [-0.15, -0.1) is 11.8 Å². The maximum Gasteiger partial charge on any atom is 0.234 e. The lowest BCUT2D eigenvalue weighted by Crippen LogP contribution is -2.36. The first-order valence-corrected chi connectivity index (χ1v) is 8.07. The van der Waals surface area contributed by atoms with E-state index in [1.165, 1.54) is 0 Å². The van der Waals surface area contributed by atoms with Crippen LogP contribution in [-0.2, 0) is 9.53 Å². The van der Waals surface area contributed by atoms with E-state index in [-0.39, 0.29) is 5.91 Å². The number of benzene rings is 1. The van der Waals surface area contributed by atoms with E-state index < -0.39 is 0 Å². The van der Waals surface area contributed by atoms with Crippen LogP contribution in [0.5, 0.6) is 0 Å². The molecule has 2 heterocycles. The summed E-state index contributed by atoms with van der Waals surface area (Å²) in [6.07, 6.45) is 2.62. The van der Waals surface area contributed by atoms with Crippen molar-refractivity contribution in [1.82, 2.24) is 0 Å². The number of amides is 1. The fourth-order valence-corrected chi connectivity index (χ4v) is 3.72. The number of hydrogen-bond acceptors (Lipinski definition) is 4. The SMILES string of the molecule is CC1CC(Nc2ccc3c(c2)NC(=O)CS3)CC(C)O1. The van der Waals surface area contributed by atoms with Crippen molar-refractivity contribution in [1.29, 1.82) is 0 Å². The van der Waals surface area contributed by atoms with Crippen molar-refractivity contribution >= 4 is 29.0 Å². The van der Waals surface area contributed by atoms with Crippen LogP contribution in [0.25, 0.3) is 0 Å². The van der Waals surface area contributed by atoms with E-state index >= 15 is 0 Å². The van der Waals surface area contributed by atoms with Gasteiger partial charge in [-0.3, -0.25) is 4.79 Å². The summed E-state index contributed by atoms with van der Waals surface area (Å²) in [5.41, 5.74) is 1.99. The fourth-order valence-electron chi connectivity index (χ4n) is 2.93. The van der Waals surface area contributed by atoms with Gasteiger partial charge in [0.1, 0.15) is 0 Å². The zero-order chi connectivity index (χ0) is 14.1. The molecule has 1 aromatic rings. The number of hydrogen-bond donors (Lipinski definition) is 2. The standard InChI is InChI=1S/C15H20N2O2S/c1-9-5-12(6-10(2)19-9)16-11-3-4-14-13(7-11)17-15(18)8-20-14/h3-4,7,9-10,12,16H,5-6,8H2,1-2H3,(H,17,18). The summed E-state index contributed by atoms with van der Waals surface area (Å²) in [5, 5.41) is 6.50. The quantitative estimate of drug-likeness (QED) is 0.879. The lowest BCUT2D eigenvalue weighted by molar-refractivity contribution is -0.113. The van der Waals surface area contributed by atoms with Gasteiger partial charge in [0.05, 0.1) is 23.6 Å². The first kappa shape index (κ1) is 13.8. The molecule has 0 aliphatic carbocycles. The average molecular weight is 292 g/mol. The van der Waals surface area contributed by atoms with Gasteiger partial charge in [-0.05, 0) is 44.9 Å². The van der Waals surface area contributed by atoms with Crippen LogP contribution in [0.1, 0.15) is 26.7 Å². The lowest BCUT2D eigenvalue weighted by atomic mass is 9.99. The summed E-state index contributed by atoms with van der Waals surface area (Å²) in [7, 11) is 0. The molecule has 2 N–H and O–H groups in total. The summed E-state index contributed by atoms with van der Waals surface area (Å²) in [4.78, 5) is 12.6. The average Bonchev–Trinajstić information content (AvgIpc) is 2.37. The Hall–Kier alpha value is -1.20. The lowest BCUT2D eigenvalue weighted by Gasteiger charge is -2.33. The molecule has 2 aliphatic rings. The van der Waals surface area contributed by atoms with Crippen LogP contribution in [0.4, 0.5) is 11.4 Å². The van der Waals surface area contributed by atoms with Gasteiger partial charge in [0.15, 0.2) is 0 Å². The molecule has 0 radical (unpaired) electrons. The summed E-state index contributed by atoms with van der Waals surface area (Å²) in [6, 6.07) is 6.63. The van der Waals surface area contributed by atoms with E-state index in [0.717, 1.165) is 29.1 Å². The Balaban J connectivity index is 1.71. The third-order valence-corrected chi connectivity index (χ3v) is 4.75. The molecule has 5 heteroatoms. The van der Waals surface area contributed by atoms with Crippen LogP contribution in [0, 0.1) is 0 Å². The molecule has 0 bridgehead atoms. The molecule has 0 saturated carbocycles. The smallest absolute Gasteiger partial charge is 0.234 e. The highest BCUT2D eigenvalue weighted by atomic mass is 32.2. The number of ether oxygens (including phenoxy) is 1. The van der Waals surface area contributed by atoms with Crippen LogP contribution < -0.4 is 10.6 Å². The number of carbonyl (C=O) groups excluding carboxylic acids is 1. The molecule has 0 aromatic heterocycles. The molecule has 108 valence electrons. The number of fused-ring (bicyclic) bond motifs is 1. The van der Waals surface area contributed by atoms with E-state index in [0.29, 0.717) is 24.0 Å². The van der Waals surface area contributed by atoms with Crippen molar-refractivity contribution in [2.45, 2.75) is 49.8 Å². The van der Waals surface area contributed by atoms with E-state index in [9.17, 15) is 4.79 Å². The maximum atomic E-state index is 11.4. The van der Waals surface area contributed by atoms with Gasteiger partial charge in [-0.1, -0.05) is 0 Å². The first-order valence-electron chi connectivity index (χ1n) is 7.09. The molecule has 2 unspecified atom stereocenters. The minimum absolute atomic E-state index is 0.0768. The number of rotatable bonds is 2. The molecule has 1 aromatic carbocycles. The van der Waals surface area contributed by atoms with Crippen molar-refractivity contribution in [3.8, 4) is 0 Å². The van der Waals surface area contributed by atoms with Crippen LogP contribution in [0.3, 0.4) is 0 Å². The van der Waals surface area contributed by atoms with E-state index in [2.05, 4.69) is 36.6 Å². The Morgan fingerprint density at radius 2 is 2.05 bits per heavy atom. The van der Waals surface area contributed by atoms with Gasteiger partial charge >= 0.3 is 0 Å². The van der Waals surface area contributed by atoms with Crippen molar-refractivity contribution in [2.75, 3.05) is 16.4 Å². The summed E-state index contributed by atoms with van der Waals surface area (Å²) in [6.45, 7) is 4.24. The van der Waals surface area contributed by atoms with Gasteiger partial charge < -0.3 is 15.4 Å². The molecule has 20 heavy (non-hydrogen) atoms. The predicted molar refractivity (Wildman–Crippen MR) is 82.4 cm³/mol. The molecule has 0 spiro atoms. The van der Waals surface area contributed by atoms with Gasteiger partial charge in [0.2, 0.25) is 5.91 Å². The molecule has 2 atom stereocenters. The van der Waals surface area contributed by atoms with Crippen molar-refractivity contribution in [2.24, 2.45) is 0 Å². The predicted octanol–water partition coefficient (Wildman–Crippen LogP) is 3.10. The van der Waals surface area contributed by atoms with Gasteiger partial charge in [-0.25, -0.2) is 0 Å². The van der Waals surface area contributed by atoms with E-state index in [4.69, 9.17) is 4.74 Å². The highest BCUT2D eigenvalue weighted by Gasteiger charge is 2.24. The van der Waals surface area contributed by atoms with Crippen LogP contribution >= 0.6 is 11.8 Å². The van der Waals surface area contributed by atoms with Gasteiger partial charge in [0.25, 0.3) is 0 Å². The second kappa shape index (κ2) is 5.66. The fraction of sp³-hybridized carbons (Fsp3) is 0.533. The van der Waals surface area contributed by atoms with Gasteiger partial charge in [0, 0.05) is 16.6 Å². The molecule has 3 rings (SSSR count). The Morgan fingerprint density at radius 1 is 1.30 bits per heavy atom. The minimum Gasteiger partial charge on any atom is -0.382 e. The maximum absolute atomic E-state index is 11.4. The van der Waals surface area contributed by atoms with Crippen LogP contribution in [-0.4, -0.2) is 29.9 Å². The van der Waals surface area contributed by atoms with Crippen molar-refractivity contribution in [3.63, 3.8) is 0 Å². The zero-order valence-electron chi connectivity index (χ0n) is 11.8. The molecule has 1 amide bonds. The summed E-state index contributed by atoms with van der Waals surface area (Å²) < 4.78 is 5.76. The third kappa shape index (κ3) is 3.10. The molecule has 1 fully saturated rings. The number of anilines is 2. The Kier molecular flexibility index (Phi) is 3.89. The largest absolute Gasteiger partial charge is 0.382 e.